The summed E-state index contributed by atoms with van der Waals surface area (Å²) in [4.78, 5) is 0. The minimum atomic E-state index is -3.64. The van der Waals surface area contributed by atoms with Crippen molar-refractivity contribution in [2.24, 2.45) is 0 Å². The lowest BCUT2D eigenvalue weighted by Crippen LogP contribution is -2.50. The van der Waals surface area contributed by atoms with E-state index in [1.54, 1.807) is 0 Å². The number of sulfonamides is 1. The summed E-state index contributed by atoms with van der Waals surface area (Å²) in [7, 11) is -3.64. The van der Waals surface area contributed by atoms with Crippen LogP contribution < -0.4 is 10.0 Å². The van der Waals surface area contributed by atoms with Gasteiger partial charge in [-0.2, -0.15) is 5.10 Å². The standard InChI is InChI=1S/C12H22N4O3S/c1-4-13-7-10-8-14-15-11(10)20(17,18)16-12(3)5-6-19-9(12)2/h8-9,13,16H,4-7H2,1-3H3,(H,14,15). The van der Waals surface area contributed by atoms with Crippen molar-refractivity contribution in [2.75, 3.05) is 13.2 Å². The van der Waals surface area contributed by atoms with Crippen molar-refractivity contribution in [1.29, 1.82) is 0 Å². The van der Waals surface area contributed by atoms with Crippen LogP contribution in [0.1, 0.15) is 32.8 Å². The molecule has 3 N–H and O–H groups in total. The first kappa shape index (κ1) is 15.4. The number of rotatable bonds is 6. The molecule has 0 spiro atoms. The monoisotopic (exact) mass is 302 g/mol. The number of hydrogen-bond donors (Lipinski definition) is 3. The fourth-order valence-electron chi connectivity index (χ4n) is 2.24. The number of nitrogens with zero attached hydrogens (tertiary/aromatic N) is 1. The Kier molecular flexibility index (Phi) is 4.48. The molecule has 1 aliphatic rings. The van der Waals surface area contributed by atoms with Gasteiger partial charge in [-0.1, -0.05) is 6.92 Å². The molecule has 2 unspecified atom stereocenters. The smallest absolute Gasteiger partial charge is 0.258 e. The van der Waals surface area contributed by atoms with Crippen molar-refractivity contribution in [3.8, 4) is 0 Å². The molecule has 0 aromatic carbocycles. The van der Waals surface area contributed by atoms with E-state index in [0.717, 1.165) is 6.54 Å². The van der Waals surface area contributed by atoms with E-state index in [-0.39, 0.29) is 11.1 Å². The number of ether oxygens (including phenoxy) is 1. The van der Waals surface area contributed by atoms with Crippen LogP contribution >= 0.6 is 0 Å². The lowest BCUT2D eigenvalue weighted by Gasteiger charge is -2.28. The first-order chi connectivity index (χ1) is 9.39. The number of hydrogen-bond acceptors (Lipinski definition) is 5. The van der Waals surface area contributed by atoms with Gasteiger partial charge >= 0.3 is 0 Å². The second kappa shape index (κ2) is 5.80. The Morgan fingerprint density at radius 3 is 2.95 bits per heavy atom. The average Bonchev–Trinajstić information content (AvgIpc) is 2.95. The predicted molar refractivity (Wildman–Crippen MR) is 74.7 cm³/mol. The minimum Gasteiger partial charge on any atom is -0.376 e. The van der Waals surface area contributed by atoms with Gasteiger partial charge in [0.15, 0.2) is 5.03 Å². The molecule has 20 heavy (non-hydrogen) atoms. The van der Waals surface area contributed by atoms with Gasteiger partial charge in [-0.25, -0.2) is 13.1 Å². The molecule has 1 saturated heterocycles. The van der Waals surface area contributed by atoms with Crippen molar-refractivity contribution in [3.05, 3.63) is 11.8 Å². The third kappa shape index (κ3) is 3.03. The van der Waals surface area contributed by atoms with E-state index in [2.05, 4.69) is 20.2 Å². The van der Waals surface area contributed by atoms with Crippen LogP contribution in [0.3, 0.4) is 0 Å². The number of nitrogens with one attached hydrogen (secondary N) is 3. The van der Waals surface area contributed by atoms with E-state index in [4.69, 9.17) is 4.74 Å². The molecular formula is C12H22N4O3S. The molecule has 7 nitrogen and oxygen atoms in total. The largest absolute Gasteiger partial charge is 0.376 e. The summed E-state index contributed by atoms with van der Waals surface area (Å²) in [6, 6.07) is 0. The second-order valence-electron chi connectivity index (χ2n) is 5.29. The number of H-pyrrole nitrogens is 1. The normalized spacial score (nSPS) is 27.1. The molecule has 0 saturated carbocycles. The third-order valence-electron chi connectivity index (χ3n) is 3.77. The highest BCUT2D eigenvalue weighted by atomic mass is 32.2. The zero-order valence-corrected chi connectivity index (χ0v) is 12.9. The predicted octanol–water partition coefficient (Wildman–Crippen LogP) is 0.365. The van der Waals surface area contributed by atoms with Crippen LogP contribution in [0.15, 0.2) is 11.2 Å². The van der Waals surface area contributed by atoms with Crippen molar-refractivity contribution < 1.29 is 13.2 Å². The Balaban J connectivity index is 2.20. The Bertz CT molecular complexity index is 557. The van der Waals surface area contributed by atoms with Crippen LogP contribution in [0.4, 0.5) is 0 Å². The van der Waals surface area contributed by atoms with Gasteiger partial charge in [0.2, 0.25) is 0 Å². The van der Waals surface area contributed by atoms with Crippen LogP contribution in [0.2, 0.25) is 0 Å². The molecule has 2 rings (SSSR count). The molecule has 8 heteroatoms. The maximum atomic E-state index is 12.5. The van der Waals surface area contributed by atoms with Gasteiger partial charge in [-0.3, -0.25) is 5.10 Å². The van der Waals surface area contributed by atoms with Crippen LogP contribution in [-0.2, 0) is 21.3 Å². The van der Waals surface area contributed by atoms with E-state index in [9.17, 15) is 8.42 Å². The van der Waals surface area contributed by atoms with Gasteiger partial charge in [-0.15, -0.1) is 0 Å². The van der Waals surface area contributed by atoms with Crippen molar-refractivity contribution >= 4 is 10.0 Å². The second-order valence-corrected chi connectivity index (χ2v) is 6.91. The summed E-state index contributed by atoms with van der Waals surface area (Å²) < 4.78 is 33.2. The zero-order chi connectivity index (χ0) is 14.8. The Hall–Kier alpha value is -0.960. The third-order valence-corrected chi connectivity index (χ3v) is 5.39. The quantitative estimate of drug-likeness (QED) is 0.705. The van der Waals surface area contributed by atoms with Gasteiger partial charge in [0.05, 0.1) is 17.8 Å². The van der Waals surface area contributed by atoms with Gasteiger partial charge in [0.25, 0.3) is 10.0 Å². The van der Waals surface area contributed by atoms with Crippen LogP contribution in [0, 0.1) is 0 Å². The molecule has 114 valence electrons. The molecule has 1 aromatic heterocycles. The van der Waals surface area contributed by atoms with E-state index in [0.29, 0.717) is 25.1 Å². The van der Waals surface area contributed by atoms with E-state index in [1.807, 2.05) is 20.8 Å². The Morgan fingerprint density at radius 1 is 1.60 bits per heavy atom. The van der Waals surface area contributed by atoms with Crippen LogP contribution in [-0.4, -0.2) is 43.4 Å². The number of aromatic nitrogens is 2. The lowest BCUT2D eigenvalue weighted by molar-refractivity contribution is 0.0957. The highest BCUT2D eigenvalue weighted by Crippen LogP contribution is 2.27. The number of aromatic amines is 1. The highest BCUT2D eigenvalue weighted by Gasteiger charge is 2.41. The SMILES string of the molecule is CCNCc1cn[nH]c1S(=O)(=O)NC1(C)CCOC1C. The van der Waals surface area contributed by atoms with Crippen molar-refractivity contribution in [1.82, 2.24) is 20.2 Å². The summed E-state index contributed by atoms with van der Waals surface area (Å²) in [6.45, 7) is 7.50. The molecule has 0 radical (unpaired) electrons. The summed E-state index contributed by atoms with van der Waals surface area (Å²) in [5, 5.41) is 9.64. The van der Waals surface area contributed by atoms with Crippen molar-refractivity contribution in [2.45, 2.75) is 50.4 Å². The van der Waals surface area contributed by atoms with Gasteiger partial charge in [-0.05, 0) is 26.8 Å². The van der Waals surface area contributed by atoms with Gasteiger partial charge in [0.1, 0.15) is 0 Å². The van der Waals surface area contributed by atoms with Crippen LogP contribution in [0.25, 0.3) is 0 Å². The molecule has 0 amide bonds. The molecule has 1 aliphatic heterocycles. The molecule has 1 aromatic rings. The summed E-state index contributed by atoms with van der Waals surface area (Å²) in [5.74, 6) is 0. The first-order valence-corrected chi connectivity index (χ1v) is 8.26. The van der Waals surface area contributed by atoms with Gasteiger partial charge in [0, 0.05) is 18.7 Å². The topological polar surface area (TPSA) is 96.1 Å². The Labute approximate surface area is 119 Å². The average molecular weight is 302 g/mol. The lowest BCUT2D eigenvalue weighted by atomic mass is 9.97. The van der Waals surface area contributed by atoms with E-state index >= 15 is 0 Å². The minimum absolute atomic E-state index is 0.124. The molecule has 0 bridgehead atoms. The maximum absolute atomic E-state index is 12.5. The van der Waals surface area contributed by atoms with E-state index in [1.165, 1.54) is 6.20 Å². The highest BCUT2D eigenvalue weighted by molar-refractivity contribution is 7.89. The zero-order valence-electron chi connectivity index (χ0n) is 12.1. The maximum Gasteiger partial charge on any atom is 0.258 e. The Morgan fingerprint density at radius 2 is 2.35 bits per heavy atom. The summed E-state index contributed by atoms with van der Waals surface area (Å²) in [5.41, 5.74) is 0.0499. The summed E-state index contributed by atoms with van der Waals surface area (Å²) >= 11 is 0. The molecular weight excluding hydrogens is 280 g/mol. The molecule has 2 atom stereocenters. The van der Waals surface area contributed by atoms with Gasteiger partial charge < -0.3 is 10.1 Å². The van der Waals surface area contributed by atoms with Crippen LogP contribution in [0.5, 0.6) is 0 Å². The van der Waals surface area contributed by atoms with E-state index < -0.39 is 15.6 Å². The fourth-order valence-corrected chi connectivity index (χ4v) is 3.87. The summed E-state index contributed by atoms with van der Waals surface area (Å²) in [6.07, 6.45) is 2.04. The first-order valence-electron chi connectivity index (χ1n) is 6.77. The molecule has 1 fully saturated rings. The van der Waals surface area contributed by atoms with Crippen molar-refractivity contribution in [3.63, 3.8) is 0 Å². The molecule has 2 heterocycles. The molecule has 0 aliphatic carbocycles. The fraction of sp³-hybridized carbons (Fsp3) is 0.750.